The van der Waals surface area contributed by atoms with Crippen LogP contribution in [0.3, 0.4) is 0 Å². The summed E-state index contributed by atoms with van der Waals surface area (Å²) in [5.41, 5.74) is 1.25. The molecule has 0 aromatic heterocycles. The average Bonchev–Trinajstić information content (AvgIpc) is 2.95. The van der Waals surface area contributed by atoms with Crippen LogP contribution in [-0.4, -0.2) is 40.2 Å². The Bertz CT molecular complexity index is 731. The predicted molar refractivity (Wildman–Crippen MR) is 114 cm³/mol. The number of nitrogens with one attached hydrogen (secondary N) is 1. The molecular weight excluding hydrogens is 382 g/mol. The van der Waals surface area contributed by atoms with Gasteiger partial charge < -0.3 is 5.32 Å². The Hall–Kier alpha value is -1.79. The van der Waals surface area contributed by atoms with Gasteiger partial charge in [-0.05, 0) is 43.5 Å². The minimum Gasteiger partial charge on any atom is -0.353 e. The lowest BCUT2D eigenvalue weighted by Crippen LogP contribution is -2.35. The summed E-state index contributed by atoms with van der Waals surface area (Å²) in [4.78, 5) is 31.0. The van der Waals surface area contributed by atoms with Gasteiger partial charge in [0, 0.05) is 17.6 Å². The first kappa shape index (κ1) is 21.5. The Kier molecular flexibility index (Phi) is 8.38. The maximum Gasteiger partial charge on any atom is 0.278 e. The highest BCUT2D eigenvalue weighted by Gasteiger charge is 2.30. The van der Waals surface area contributed by atoms with Gasteiger partial charge in [-0.1, -0.05) is 55.8 Å². The first-order chi connectivity index (χ1) is 12.9. The highest BCUT2D eigenvalue weighted by molar-refractivity contribution is 8.14. The monoisotopic (exact) mass is 407 g/mol. The third-order valence-electron chi connectivity index (χ3n) is 4.17. The van der Waals surface area contributed by atoms with Crippen LogP contribution in [0.25, 0.3) is 6.08 Å². The number of benzene rings is 1. The van der Waals surface area contributed by atoms with Gasteiger partial charge in [0.05, 0.1) is 5.75 Å². The van der Waals surface area contributed by atoms with Gasteiger partial charge in [0.25, 0.3) is 5.91 Å². The van der Waals surface area contributed by atoms with E-state index in [1.165, 1.54) is 11.8 Å². The molecule has 1 aromatic rings. The summed E-state index contributed by atoms with van der Waals surface area (Å²) in [5.74, 6) is 0.0751. The second-order valence-electron chi connectivity index (χ2n) is 6.45. The number of unbranched alkanes of at least 4 members (excludes halogenated alkanes) is 1. The first-order valence-electron chi connectivity index (χ1n) is 9.24. The van der Waals surface area contributed by atoms with Crippen molar-refractivity contribution in [3.05, 3.63) is 40.5 Å². The van der Waals surface area contributed by atoms with Crippen molar-refractivity contribution in [3.8, 4) is 0 Å². The van der Waals surface area contributed by atoms with E-state index >= 15 is 0 Å². The largest absolute Gasteiger partial charge is 0.353 e. The van der Waals surface area contributed by atoms with Crippen molar-refractivity contribution in [2.24, 2.45) is 4.99 Å². The summed E-state index contributed by atoms with van der Waals surface area (Å²) in [6, 6.07) is 7.39. The molecule has 5 nitrogen and oxygen atoms in total. The zero-order valence-corrected chi connectivity index (χ0v) is 17.6. The fourth-order valence-electron chi connectivity index (χ4n) is 2.42. The van der Waals surface area contributed by atoms with Crippen molar-refractivity contribution < 1.29 is 9.59 Å². The molecular formula is C20H26ClN3O2S. The Morgan fingerprint density at radius 1 is 1.33 bits per heavy atom. The standard InChI is InChI=1S/C20H26ClN3O2S/c1-4-6-11-24-19(26)17(12-15-7-9-16(21)10-8-15)23-20(24)27-13-18(25)22-14(3)5-2/h7-10,12,14H,4-6,11,13H2,1-3H3,(H,22,25). The molecule has 1 aromatic carbocycles. The number of aliphatic imine (C=N–C) groups is 1. The molecule has 2 amide bonds. The summed E-state index contributed by atoms with van der Waals surface area (Å²) < 4.78 is 0. The first-order valence-corrected chi connectivity index (χ1v) is 10.6. The maximum absolute atomic E-state index is 12.8. The molecule has 1 aliphatic heterocycles. The van der Waals surface area contributed by atoms with E-state index in [4.69, 9.17) is 11.6 Å². The van der Waals surface area contributed by atoms with E-state index in [0.717, 1.165) is 24.8 Å². The van der Waals surface area contributed by atoms with Crippen molar-refractivity contribution >= 4 is 46.4 Å². The molecule has 1 unspecified atom stereocenters. The highest BCUT2D eigenvalue weighted by atomic mass is 35.5. The van der Waals surface area contributed by atoms with Gasteiger partial charge in [0.15, 0.2) is 5.17 Å². The van der Waals surface area contributed by atoms with E-state index in [-0.39, 0.29) is 23.6 Å². The lowest BCUT2D eigenvalue weighted by molar-refractivity contribution is -0.122. The highest BCUT2D eigenvalue weighted by Crippen LogP contribution is 2.25. The zero-order chi connectivity index (χ0) is 19.8. The van der Waals surface area contributed by atoms with Crippen molar-refractivity contribution in [2.45, 2.75) is 46.1 Å². The second-order valence-corrected chi connectivity index (χ2v) is 7.83. The molecule has 0 spiro atoms. The number of amides is 2. The van der Waals surface area contributed by atoms with Crippen LogP contribution < -0.4 is 5.32 Å². The van der Waals surface area contributed by atoms with Gasteiger partial charge in [-0.25, -0.2) is 4.99 Å². The molecule has 0 saturated heterocycles. The maximum atomic E-state index is 12.8. The molecule has 2 rings (SSSR count). The van der Waals surface area contributed by atoms with Crippen LogP contribution in [0.2, 0.25) is 5.02 Å². The molecule has 146 valence electrons. The fourth-order valence-corrected chi connectivity index (χ4v) is 3.38. The Balaban J connectivity index is 2.13. The predicted octanol–water partition coefficient (Wildman–Crippen LogP) is 4.33. The summed E-state index contributed by atoms with van der Waals surface area (Å²) >= 11 is 7.22. The van der Waals surface area contributed by atoms with Crippen molar-refractivity contribution in [3.63, 3.8) is 0 Å². The third-order valence-corrected chi connectivity index (χ3v) is 5.40. The van der Waals surface area contributed by atoms with E-state index in [2.05, 4.69) is 17.2 Å². The number of carbonyl (C=O) groups excluding carboxylic acids is 2. The summed E-state index contributed by atoms with van der Waals surface area (Å²) in [5, 5.41) is 4.17. The Morgan fingerprint density at radius 3 is 2.67 bits per heavy atom. The molecule has 7 heteroatoms. The number of hydrogen-bond acceptors (Lipinski definition) is 4. The SMILES string of the molecule is CCCCN1C(=O)C(=Cc2ccc(Cl)cc2)N=C1SCC(=O)NC(C)CC. The normalized spacial score (nSPS) is 16.6. The molecule has 0 saturated carbocycles. The summed E-state index contributed by atoms with van der Waals surface area (Å²) in [6.07, 6.45) is 4.50. The van der Waals surface area contributed by atoms with Crippen molar-refractivity contribution in [1.82, 2.24) is 10.2 Å². The smallest absolute Gasteiger partial charge is 0.278 e. The third kappa shape index (κ3) is 6.40. The Morgan fingerprint density at radius 2 is 2.04 bits per heavy atom. The molecule has 1 heterocycles. The topological polar surface area (TPSA) is 61.8 Å². The average molecular weight is 408 g/mol. The van der Waals surface area contributed by atoms with E-state index in [9.17, 15) is 9.59 Å². The quantitative estimate of drug-likeness (QED) is 0.652. The van der Waals surface area contributed by atoms with Gasteiger partial charge in [-0.2, -0.15) is 0 Å². The van der Waals surface area contributed by atoms with E-state index < -0.39 is 0 Å². The number of hydrogen-bond donors (Lipinski definition) is 1. The van der Waals surface area contributed by atoms with E-state index in [1.807, 2.05) is 26.0 Å². The number of amidine groups is 1. The molecule has 0 aliphatic carbocycles. The lowest BCUT2D eigenvalue weighted by Gasteiger charge is -2.17. The van der Waals surface area contributed by atoms with Gasteiger partial charge >= 0.3 is 0 Å². The molecule has 1 aliphatic rings. The number of thioether (sulfide) groups is 1. The molecule has 1 atom stereocenters. The van der Waals surface area contributed by atoms with Crippen LogP contribution in [0.5, 0.6) is 0 Å². The van der Waals surface area contributed by atoms with Crippen molar-refractivity contribution in [2.75, 3.05) is 12.3 Å². The van der Waals surface area contributed by atoms with Gasteiger partial charge in [0.2, 0.25) is 5.91 Å². The van der Waals surface area contributed by atoms with Crippen LogP contribution in [-0.2, 0) is 9.59 Å². The molecule has 0 fully saturated rings. The van der Waals surface area contributed by atoms with Gasteiger partial charge in [-0.15, -0.1) is 0 Å². The minimum atomic E-state index is -0.122. The van der Waals surface area contributed by atoms with Crippen LogP contribution in [0.4, 0.5) is 0 Å². The lowest BCUT2D eigenvalue weighted by atomic mass is 10.2. The van der Waals surface area contributed by atoms with Crippen LogP contribution in [0.15, 0.2) is 35.0 Å². The van der Waals surface area contributed by atoms with E-state index in [0.29, 0.717) is 22.4 Å². The fraction of sp³-hybridized carbons (Fsp3) is 0.450. The number of nitrogens with zero attached hydrogens (tertiary/aromatic N) is 2. The van der Waals surface area contributed by atoms with Crippen LogP contribution in [0, 0.1) is 0 Å². The van der Waals surface area contributed by atoms with Crippen LogP contribution in [0.1, 0.15) is 45.6 Å². The summed E-state index contributed by atoms with van der Waals surface area (Å²) in [7, 11) is 0. The second kappa shape index (κ2) is 10.5. The van der Waals surface area contributed by atoms with Crippen LogP contribution >= 0.6 is 23.4 Å². The number of rotatable bonds is 8. The van der Waals surface area contributed by atoms with Gasteiger partial charge in [-0.3, -0.25) is 14.5 Å². The van der Waals surface area contributed by atoms with Crippen molar-refractivity contribution in [1.29, 1.82) is 0 Å². The molecule has 0 bridgehead atoms. The minimum absolute atomic E-state index is 0.0462. The zero-order valence-electron chi connectivity index (χ0n) is 16.0. The van der Waals surface area contributed by atoms with E-state index in [1.54, 1.807) is 23.1 Å². The summed E-state index contributed by atoms with van der Waals surface area (Å²) in [6.45, 7) is 6.68. The van der Waals surface area contributed by atoms with Gasteiger partial charge in [0.1, 0.15) is 5.70 Å². The molecule has 0 radical (unpaired) electrons. The Labute approximate surface area is 170 Å². The number of halogens is 1. The molecule has 1 N–H and O–H groups in total. The molecule has 27 heavy (non-hydrogen) atoms. The number of carbonyl (C=O) groups is 2.